The summed E-state index contributed by atoms with van der Waals surface area (Å²) in [6.07, 6.45) is 4.66. The second-order valence-corrected chi connectivity index (χ2v) is 2.93. The molecule has 1 aliphatic carbocycles. The number of aromatic nitrogens is 2. The van der Waals surface area contributed by atoms with Gasteiger partial charge in [-0.05, 0) is 12.8 Å². The fraction of sp³-hybridized carbons (Fsp3) is 0.714. The molecule has 0 atom stereocenters. The smallest absolute Gasteiger partial charge is 0.392 e. The van der Waals surface area contributed by atoms with Crippen LogP contribution in [0.5, 0.6) is 0 Å². The average Bonchev–Trinajstić information content (AvgIpc) is 2.55. The maximum Gasteiger partial charge on any atom is 0.434 e. The number of hydrogen-bond donors (Lipinski definition) is 1. The van der Waals surface area contributed by atoms with Gasteiger partial charge in [0.1, 0.15) is 0 Å². The summed E-state index contributed by atoms with van der Waals surface area (Å²) >= 11 is 0. The Morgan fingerprint density at radius 1 is 1.45 bits per heavy atom. The summed E-state index contributed by atoms with van der Waals surface area (Å²) < 4.78 is 4.85. The molecule has 2 rings (SSSR count). The van der Waals surface area contributed by atoms with Gasteiger partial charge in [-0.15, -0.1) is 5.10 Å². The van der Waals surface area contributed by atoms with Crippen LogP contribution in [0.4, 0.5) is 0 Å². The van der Waals surface area contributed by atoms with Crippen LogP contribution >= 0.6 is 0 Å². The third kappa shape index (κ3) is 1.20. The van der Waals surface area contributed by atoms with E-state index in [0.29, 0.717) is 11.8 Å². The van der Waals surface area contributed by atoms with E-state index in [1.807, 2.05) is 0 Å². The molecule has 1 aromatic rings. The second-order valence-electron chi connectivity index (χ2n) is 2.93. The molecule has 0 unspecified atom stereocenters. The van der Waals surface area contributed by atoms with E-state index in [4.69, 9.17) is 4.42 Å². The topological polar surface area (TPSA) is 58.9 Å². The lowest BCUT2D eigenvalue weighted by Crippen LogP contribution is -1.94. The van der Waals surface area contributed by atoms with Gasteiger partial charge >= 0.3 is 5.76 Å². The minimum atomic E-state index is -0.438. The van der Waals surface area contributed by atoms with Crippen molar-refractivity contribution in [3.8, 4) is 0 Å². The van der Waals surface area contributed by atoms with Crippen molar-refractivity contribution in [2.24, 2.45) is 0 Å². The van der Waals surface area contributed by atoms with Crippen LogP contribution < -0.4 is 5.76 Å². The Morgan fingerprint density at radius 3 is 2.73 bits per heavy atom. The minimum absolute atomic E-state index is 0.383. The van der Waals surface area contributed by atoms with Gasteiger partial charge in [-0.3, -0.25) is 0 Å². The van der Waals surface area contributed by atoms with Gasteiger partial charge in [0.15, 0.2) is 0 Å². The summed E-state index contributed by atoms with van der Waals surface area (Å²) in [6.45, 7) is 0. The molecular formula is C7H10N2O2. The molecule has 1 aliphatic rings. The summed E-state index contributed by atoms with van der Waals surface area (Å²) in [5.74, 6) is 0.536. The van der Waals surface area contributed by atoms with Crippen molar-refractivity contribution in [1.29, 1.82) is 0 Å². The van der Waals surface area contributed by atoms with Crippen LogP contribution in [-0.4, -0.2) is 10.2 Å². The van der Waals surface area contributed by atoms with Crippen molar-refractivity contribution in [2.45, 2.75) is 31.6 Å². The molecule has 1 fully saturated rings. The highest BCUT2D eigenvalue weighted by atomic mass is 16.4. The van der Waals surface area contributed by atoms with E-state index in [0.717, 1.165) is 12.8 Å². The zero-order valence-electron chi connectivity index (χ0n) is 6.17. The van der Waals surface area contributed by atoms with E-state index in [2.05, 4.69) is 10.2 Å². The molecule has 4 heteroatoms. The standard InChI is InChI=1S/C7H10N2O2/c10-7-9-8-6(11-7)5-3-1-2-4-5/h5H,1-4H2,(H,9,10). The molecule has 1 aromatic heterocycles. The molecule has 1 N–H and O–H groups in total. The fourth-order valence-corrected chi connectivity index (χ4v) is 1.59. The van der Waals surface area contributed by atoms with Gasteiger partial charge in [-0.25, -0.2) is 9.89 Å². The van der Waals surface area contributed by atoms with Crippen molar-refractivity contribution < 1.29 is 4.42 Å². The van der Waals surface area contributed by atoms with Gasteiger partial charge in [-0.2, -0.15) is 0 Å². The number of H-pyrrole nitrogens is 1. The predicted molar refractivity (Wildman–Crippen MR) is 38.3 cm³/mol. The summed E-state index contributed by atoms with van der Waals surface area (Å²) in [4.78, 5) is 10.6. The first-order valence-electron chi connectivity index (χ1n) is 3.91. The largest absolute Gasteiger partial charge is 0.434 e. The highest BCUT2D eigenvalue weighted by Gasteiger charge is 2.21. The molecular weight excluding hydrogens is 144 g/mol. The molecule has 0 amide bonds. The van der Waals surface area contributed by atoms with E-state index in [-0.39, 0.29) is 0 Å². The van der Waals surface area contributed by atoms with E-state index in [1.54, 1.807) is 0 Å². The summed E-state index contributed by atoms with van der Waals surface area (Å²) in [5.41, 5.74) is 0. The highest BCUT2D eigenvalue weighted by Crippen LogP contribution is 2.31. The molecule has 60 valence electrons. The summed E-state index contributed by atoms with van der Waals surface area (Å²) in [5, 5.41) is 6.07. The van der Waals surface area contributed by atoms with Crippen LogP contribution in [0.2, 0.25) is 0 Å². The van der Waals surface area contributed by atoms with Crippen molar-refractivity contribution in [3.05, 3.63) is 16.4 Å². The van der Waals surface area contributed by atoms with Crippen LogP contribution in [0.15, 0.2) is 9.21 Å². The predicted octanol–water partition coefficient (Wildman–Crippen LogP) is 1.02. The van der Waals surface area contributed by atoms with Crippen molar-refractivity contribution >= 4 is 0 Å². The maximum absolute atomic E-state index is 10.6. The first kappa shape index (κ1) is 6.64. The monoisotopic (exact) mass is 154 g/mol. The SMILES string of the molecule is O=c1[nH]nc(C2CCCC2)o1. The van der Waals surface area contributed by atoms with E-state index >= 15 is 0 Å². The Labute approximate surface area is 63.6 Å². The quantitative estimate of drug-likeness (QED) is 0.657. The molecule has 0 bridgehead atoms. The Bertz CT molecular complexity index is 283. The van der Waals surface area contributed by atoms with Crippen LogP contribution in [0.25, 0.3) is 0 Å². The Hall–Kier alpha value is -1.06. The first-order valence-corrected chi connectivity index (χ1v) is 3.91. The summed E-state index contributed by atoms with van der Waals surface area (Å²) in [7, 11) is 0. The van der Waals surface area contributed by atoms with Gasteiger partial charge in [0.05, 0.1) is 0 Å². The molecule has 1 saturated carbocycles. The van der Waals surface area contributed by atoms with E-state index < -0.39 is 5.76 Å². The van der Waals surface area contributed by atoms with Crippen molar-refractivity contribution in [3.63, 3.8) is 0 Å². The summed E-state index contributed by atoms with van der Waals surface area (Å²) in [6, 6.07) is 0. The average molecular weight is 154 g/mol. The van der Waals surface area contributed by atoms with Crippen molar-refractivity contribution in [1.82, 2.24) is 10.2 Å². The zero-order valence-corrected chi connectivity index (χ0v) is 6.17. The molecule has 0 spiro atoms. The Balaban J connectivity index is 2.21. The number of rotatable bonds is 1. The van der Waals surface area contributed by atoms with Gasteiger partial charge in [-0.1, -0.05) is 12.8 Å². The number of nitrogens with zero attached hydrogens (tertiary/aromatic N) is 1. The lowest BCUT2D eigenvalue weighted by Gasteiger charge is -1.98. The normalized spacial score (nSPS) is 19.3. The molecule has 0 aliphatic heterocycles. The van der Waals surface area contributed by atoms with Crippen LogP contribution in [0.1, 0.15) is 37.5 Å². The molecule has 0 radical (unpaired) electrons. The second kappa shape index (κ2) is 2.53. The van der Waals surface area contributed by atoms with Gasteiger partial charge in [0.25, 0.3) is 0 Å². The van der Waals surface area contributed by atoms with Crippen LogP contribution in [0, 0.1) is 0 Å². The molecule has 0 saturated heterocycles. The van der Waals surface area contributed by atoms with E-state index in [1.165, 1.54) is 12.8 Å². The Morgan fingerprint density at radius 2 is 2.18 bits per heavy atom. The van der Waals surface area contributed by atoms with Crippen LogP contribution in [-0.2, 0) is 0 Å². The Kier molecular flexibility index (Phi) is 1.52. The number of hydrogen-bond acceptors (Lipinski definition) is 3. The number of aromatic amines is 1. The maximum atomic E-state index is 10.6. The minimum Gasteiger partial charge on any atom is -0.392 e. The molecule has 1 heterocycles. The van der Waals surface area contributed by atoms with E-state index in [9.17, 15) is 4.79 Å². The third-order valence-electron chi connectivity index (χ3n) is 2.16. The highest BCUT2D eigenvalue weighted by molar-refractivity contribution is 4.91. The van der Waals surface area contributed by atoms with Gasteiger partial charge in [0, 0.05) is 5.92 Å². The third-order valence-corrected chi connectivity index (χ3v) is 2.16. The number of nitrogens with one attached hydrogen (secondary N) is 1. The fourth-order valence-electron chi connectivity index (χ4n) is 1.59. The molecule has 0 aromatic carbocycles. The molecule has 4 nitrogen and oxygen atoms in total. The lowest BCUT2D eigenvalue weighted by atomic mass is 10.1. The first-order chi connectivity index (χ1) is 5.36. The van der Waals surface area contributed by atoms with Gasteiger partial charge < -0.3 is 4.42 Å². The van der Waals surface area contributed by atoms with Gasteiger partial charge in [0.2, 0.25) is 5.89 Å². The molecule has 11 heavy (non-hydrogen) atoms. The van der Waals surface area contributed by atoms with Crippen LogP contribution in [0.3, 0.4) is 0 Å². The van der Waals surface area contributed by atoms with Crippen molar-refractivity contribution in [2.75, 3.05) is 0 Å². The zero-order chi connectivity index (χ0) is 7.68. The lowest BCUT2D eigenvalue weighted by molar-refractivity contribution is 0.424.